The second-order valence-corrected chi connectivity index (χ2v) is 13.7. The maximum atomic E-state index is 10.4. The zero-order valence-corrected chi connectivity index (χ0v) is 14.1. The van der Waals surface area contributed by atoms with Gasteiger partial charge in [-0.2, -0.15) is 0 Å². The molecule has 19 heavy (non-hydrogen) atoms. The summed E-state index contributed by atoms with van der Waals surface area (Å²) in [6.07, 6.45) is 4.61. The lowest BCUT2D eigenvalue weighted by Crippen LogP contribution is -2.46. The summed E-state index contributed by atoms with van der Waals surface area (Å²) in [6, 6.07) is 10.7. The first kappa shape index (κ1) is 15.1. The van der Waals surface area contributed by atoms with Crippen LogP contribution in [0.25, 0.3) is 0 Å². The van der Waals surface area contributed by atoms with Crippen molar-refractivity contribution in [2.24, 2.45) is 5.92 Å². The number of rotatable bonds is 4. The zero-order chi connectivity index (χ0) is 13.9. The summed E-state index contributed by atoms with van der Waals surface area (Å²) in [4.78, 5) is 1.97. The molecule has 0 radical (unpaired) electrons. The van der Waals surface area contributed by atoms with Crippen molar-refractivity contribution < 1.29 is 5.11 Å². The smallest absolute Gasteiger partial charge is 0.0596 e. The summed E-state index contributed by atoms with van der Waals surface area (Å²) in [6.45, 7) is 7.32. The Balaban J connectivity index is 2.16. The maximum absolute atomic E-state index is 10.4. The van der Waals surface area contributed by atoms with Gasteiger partial charge in [-0.1, -0.05) is 50.7 Å². The van der Waals surface area contributed by atoms with Gasteiger partial charge in [0.05, 0.1) is 14.2 Å². The summed E-state index contributed by atoms with van der Waals surface area (Å²) in [5.74, 6) is 0.491. The predicted molar refractivity (Wildman–Crippen MR) is 87.4 cm³/mol. The molecular weight excluding hydrogens is 268 g/mol. The highest BCUT2D eigenvalue weighted by Crippen LogP contribution is 2.40. The molecule has 3 heteroatoms. The van der Waals surface area contributed by atoms with Gasteiger partial charge in [0.25, 0.3) is 0 Å². The zero-order valence-electron chi connectivity index (χ0n) is 12.3. The Hall–Kier alpha value is -0.253. The van der Waals surface area contributed by atoms with Crippen LogP contribution >= 0.6 is 11.8 Å². The van der Waals surface area contributed by atoms with E-state index >= 15 is 0 Å². The molecule has 1 nitrogen and oxygen atoms in total. The SMILES string of the molecule is C[Si](C)(C)C(Sc1ccccc1)C1CCCCC1O. The molecule has 0 amide bonds. The fraction of sp³-hybridized carbons (Fsp3) is 0.625. The molecule has 1 aliphatic carbocycles. The van der Waals surface area contributed by atoms with Crippen molar-refractivity contribution in [1.82, 2.24) is 0 Å². The molecule has 1 saturated carbocycles. The molecule has 0 aromatic heterocycles. The summed E-state index contributed by atoms with van der Waals surface area (Å²) in [5.41, 5.74) is 0. The van der Waals surface area contributed by atoms with Gasteiger partial charge in [0.2, 0.25) is 0 Å². The minimum absolute atomic E-state index is 0.0818. The Morgan fingerprint density at radius 1 is 1.11 bits per heavy atom. The number of thioether (sulfide) groups is 1. The lowest BCUT2D eigenvalue weighted by atomic mass is 9.88. The van der Waals surface area contributed by atoms with Crippen molar-refractivity contribution in [1.29, 1.82) is 0 Å². The molecule has 0 bridgehead atoms. The van der Waals surface area contributed by atoms with Crippen LogP contribution in [0.1, 0.15) is 25.7 Å². The minimum Gasteiger partial charge on any atom is -0.393 e. The monoisotopic (exact) mass is 294 g/mol. The summed E-state index contributed by atoms with van der Waals surface area (Å²) in [7, 11) is -1.30. The molecule has 1 aromatic carbocycles. The molecule has 0 saturated heterocycles. The lowest BCUT2D eigenvalue weighted by Gasteiger charge is -2.40. The molecule has 106 valence electrons. The fourth-order valence-electron chi connectivity index (χ4n) is 3.05. The minimum atomic E-state index is -1.30. The van der Waals surface area contributed by atoms with E-state index in [0.29, 0.717) is 10.8 Å². The van der Waals surface area contributed by atoms with Crippen LogP contribution in [-0.4, -0.2) is 24.2 Å². The number of aliphatic hydroxyl groups is 1. The van der Waals surface area contributed by atoms with Crippen LogP contribution < -0.4 is 0 Å². The summed E-state index contributed by atoms with van der Waals surface area (Å²) in [5, 5.41) is 10.4. The largest absolute Gasteiger partial charge is 0.393 e. The van der Waals surface area contributed by atoms with Gasteiger partial charge in [-0.3, -0.25) is 0 Å². The van der Waals surface area contributed by atoms with Crippen LogP contribution in [0, 0.1) is 5.92 Å². The Morgan fingerprint density at radius 3 is 2.32 bits per heavy atom. The Labute approximate surface area is 122 Å². The van der Waals surface area contributed by atoms with Crippen molar-refractivity contribution in [3.8, 4) is 0 Å². The van der Waals surface area contributed by atoms with E-state index in [4.69, 9.17) is 0 Å². The second-order valence-electron chi connectivity index (χ2n) is 6.73. The standard InChI is InChI=1S/C16H26OSSi/c1-19(2,3)16(14-11-7-8-12-15(14)17)18-13-9-5-4-6-10-13/h4-6,9-10,14-17H,7-8,11-12H2,1-3H3. The molecule has 1 N–H and O–H groups in total. The van der Waals surface area contributed by atoms with E-state index < -0.39 is 8.07 Å². The Bertz CT molecular complexity index is 387. The van der Waals surface area contributed by atoms with E-state index in [1.54, 1.807) is 0 Å². The third-order valence-corrected chi connectivity index (χ3v) is 9.79. The summed E-state index contributed by atoms with van der Waals surface area (Å²) >= 11 is 2.01. The number of benzene rings is 1. The molecule has 3 unspecified atom stereocenters. The van der Waals surface area contributed by atoms with Crippen LogP contribution in [0.15, 0.2) is 35.2 Å². The van der Waals surface area contributed by atoms with E-state index in [2.05, 4.69) is 50.0 Å². The molecule has 1 aliphatic rings. The van der Waals surface area contributed by atoms with E-state index in [1.807, 2.05) is 11.8 Å². The Kier molecular flexibility index (Phi) is 5.15. The summed E-state index contributed by atoms with van der Waals surface area (Å²) < 4.78 is 0. The molecule has 0 spiro atoms. The first-order valence-electron chi connectivity index (χ1n) is 7.38. The highest BCUT2D eigenvalue weighted by Gasteiger charge is 2.39. The topological polar surface area (TPSA) is 20.2 Å². The first-order valence-corrected chi connectivity index (χ1v) is 11.8. The van der Waals surface area contributed by atoms with Crippen molar-refractivity contribution in [3.63, 3.8) is 0 Å². The molecule has 2 rings (SSSR count). The fourth-order valence-corrected chi connectivity index (χ4v) is 7.64. The van der Waals surface area contributed by atoms with Crippen molar-refractivity contribution in [2.75, 3.05) is 0 Å². The third kappa shape index (κ3) is 4.10. The van der Waals surface area contributed by atoms with Gasteiger partial charge < -0.3 is 5.11 Å². The van der Waals surface area contributed by atoms with Crippen molar-refractivity contribution in [3.05, 3.63) is 30.3 Å². The predicted octanol–water partition coefficient (Wildman–Crippen LogP) is 4.58. The van der Waals surface area contributed by atoms with Gasteiger partial charge in [0.15, 0.2) is 0 Å². The van der Waals surface area contributed by atoms with E-state index in [9.17, 15) is 5.11 Å². The van der Waals surface area contributed by atoms with E-state index in [-0.39, 0.29) is 6.10 Å². The quantitative estimate of drug-likeness (QED) is 0.648. The molecule has 1 fully saturated rings. The van der Waals surface area contributed by atoms with Crippen LogP contribution in [-0.2, 0) is 0 Å². The molecule has 3 atom stereocenters. The average molecular weight is 295 g/mol. The normalized spacial score (nSPS) is 26.1. The number of hydrogen-bond acceptors (Lipinski definition) is 2. The number of hydrogen-bond donors (Lipinski definition) is 1. The van der Waals surface area contributed by atoms with Crippen LogP contribution in [0.4, 0.5) is 0 Å². The molecule has 0 aliphatic heterocycles. The van der Waals surface area contributed by atoms with Gasteiger partial charge in [0.1, 0.15) is 0 Å². The van der Waals surface area contributed by atoms with Gasteiger partial charge in [-0.15, -0.1) is 11.8 Å². The highest BCUT2D eigenvalue weighted by atomic mass is 32.2. The van der Waals surface area contributed by atoms with Crippen LogP contribution in [0.5, 0.6) is 0 Å². The van der Waals surface area contributed by atoms with Crippen molar-refractivity contribution >= 4 is 19.8 Å². The highest BCUT2D eigenvalue weighted by molar-refractivity contribution is 8.01. The average Bonchev–Trinajstić information content (AvgIpc) is 2.37. The molecule has 0 heterocycles. The van der Waals surface area contributed by atoms with Gasteiger partial charge >= 0.3 is 0 Å². The van der Waals surface area contributed by atoms with Gasteiger partial charge in [-0.25, -0.2) is 0 Å². The molecular formula is C16H26OSSi. The maximum Gasteiger partial charge on any atom is 0.0596 e. The third-order valence-electron chi connectivity index (χ3n) is 4.03. The number of aliphatic hydroxyl groups excluding tert-OH is 1. The Morgan fingerprint density at radius 2 is 1.74 bits per heavy atom. The lowest BCUT2D eigenvalue weighted by molar-refractivity contribution is 0.0761. The second kappa shape index (κ2) is 6.46. The van der Waals surface area contributed by atoms with Gasteiger partial charge in [0, 0.05) is 9.77 Å². The van der Waals surface area contributed by atoms with E-state index in [0.717, 1.165) is 6.42 Å². The molecule has 1 aromatic rings. The van der Waals surface area contributed by atoms with Crippen molar-refractivity contribution in [2.45, 2.75) is 61.2 Å². The first-order chi connectivity index (χ1) is 8.98. The van der Waals surface area contributed by atoms with Crippen LogP contribution in [0.3, 0.4) is 0 Å². The van der Waals surface area contributed by atoms with Crippen LogP contribution in [0.2, 0.25) is 19.6 Å². The van der Waals surface area contributed by atoms with Gasteiger partial charge in [-0.05, 0) is 30.9 Å². The van der Waals surface area contributed by atoms with E-state index in [1.165, 1.54) is 24.2 Å².